The molecule has 3 amide bonds. The molecule has 2 aromatic rings. The van der Waals surface area contributed by atoms with Gasteiger partial charge in [0, 0.05) is 36.9 Å². The summed E-state index contributed by atoms with van der Waals surface area (Å²) in [5.41, 5.74) is 0.755. The summed E-state index contributed by atoms with van der Waals surface area (Å²) in [6.07, 6.45) is 4.05. The number of carbonyl (C=O) groups is 3. The molecule has 0 aromatic heterocycles. The third-order valence-electron chi connectivity index (χ3n) is 4.23. The number of hydrogen-bond acceptors (Lipinski definition) is 6. The van der Waals surface area contributed by atoms with Crippen molar-refractivity contribution in [2.24, 2.45) is 0 Å². The van der Waals surface area contributed by atoms with Gasteiger partial charge in [-0.25, -0.2) is 4.39 Å². The third-order valence-corrected chi connectivity index (χ3v) is 5.14. The van der Waals surface area contributed by atoms with Crippen LogP contribution in [-0.2, 0) is 9.59 Å². The number of nitrogens with one attached hydrogen (secondary N) is 1. The molecule has 0 saturated carbocycles. The lowest BCUT2D eigenvalue weighted by molar-refractivity contribution is -0.384. The van der Waals surface area contributed by atoms with Crippen molar-refractivity contribution in [2.45, 2.75) is 0 Å². The van der Waals surface area contributed by atoms with Gasteiger partial charge in [-0.2, -0.15) is 0 Å². The van der Waals surface area contributed by atoms with E-state index in [-0.39, 0.29) is 29.2 Å². The predicted octanol–water partition coefficient (Wildman–Crippen LogP) is 3.60. The summed E-state index contributed by atoms with van der Waals surface area (Å²) in [4.78, 5) is 47.6. The highest BCUT2D eigenvalue weighted by Gasteiger charge is 2.34. The molecule has 1 aliphatic rings. The second-order valence-electron chi connectivity index (χ2n) is 6.33. The summed E-state index contributed by atoms with van der Waals surface area (Å²) in [6.45, 7) is 0.00480. The van der Waals surface area contributed by atoms with Crippen molar-refractivity contribution in [3.8, 4) is 0 Å². The third kappa shape index (κ3) is 5.64. The Morgan fingerprint density at radius 1 is 1.16 bits per heavy atom. The van der Waals surface area contributed by atoms with Crippen molar-refractivity contribution in [3.05, 3.63) is 86.6 Å². The number of thioether (sulfide) groups is 1. The van der Waals surface area contributed by atoms with Crippen LogP contribution in [0.25, 0.3) is 12.2 Å². The van der Waals surface area contributed by atoms with E-state index < -0.39 is 27.8 Å². The molecule has 1 heterocycles. The zero-order valence-corrected chi connectivity index (χ0v) is 16.8. The molecule has 10 heteroatoms. The zero-order valence-electron chi connectivity index (χ0n) is 16.0. The Balaban J connectivity index is 1.52. The zero-order chi connectivity index (χ0) is 22.4. The van der Waals surface area contributed by atoms with Crippen LogP contribution in [0.3, 0.4) is 0 Å². The van der Waals surface area contributed by atoms with Crippen molar-refractivity contribution in [2.75, 3.05) is 13.1 Å². The SMILES string of the molecule is O=C(/C=C/c1ccc([N+](=O)[O-])cc1)NCCN1C(=O)S/C(=C\c2ccccc2F)C1=O. The fourth-order valence-electron chi connectivity index (χ4n) is 2.66. The average molecular weight is 441 g/mol. The second-order valence-corrected chi connectivity index (χ2v) is 7.32. The van der Waals surface area contributed by atoms with Crippen LogP contribution in [0.15, 0.2) is 59.5 Å². The molecule has 0 radical (unpaired) electrons. The summed E-state index contributed by atoms with van der Waals surface area (Å²) < 4.78 is 13.8. The van der Waals surface area contributed by atoms with Crippen LogP contribution < -0.4 is 5.32 Å². The Hall–Kier alpha value is -3.79. The number of non-ortho nitro benzene ring substituents is 1. The van der Waals surface area contributed by atoms with Crippen LogP contribution in [0.4, 0.5) is 14.9 Å². The van der Waals surface area contributed by atoms with Gasteiger partial charge >= 0.3 is 0 Å². The molecular formula is C21H16FN3O5S. The first-order valence-corrected chi connectivity index (χ1v) is 9.87. The highest BCUT2D eigenvalue weighted by Crippen LogP contribution is 2.32. The van der Waals surface area contributed by atoms with E-state index in [4.69, 9.17) is 0 Å². The molecular weight excluding hydrogens is 425 g/mol. The maximum absolute atomic E-state index is 13.8. The van der Waals surface area contributed by atoms with Gasteiger partial charge in [0.1, 0.15) is 5.82 Å². The van der Waals surface area contributed by atoms with Gasteiger partial charge in [-0.3, -0.25) is 29.4 Å². The lowest BCUT2D eigenvalue weighted by Crippen LogP contribution is -2.36. The number of halogens is 1. The first kappa shape index (κ1) is 21.9. The molecule has 1 N–H and O–H groups in total. The first-order valence-electron chi connectivity index (χ1n) is 9.05. The number of carbonyl (C=O) groups excluding carboxylic acids is 3. The minimum absolute atomic E-state index is 0.0314. The fraction of sp³-hybridized carbons (Fsp3) is 0.0952. The van der Waals surface area contributed by atoms with Crippen molar-refractivity contribution in [3.63, 3.8) is 0 Å². The molecule has 0 unspecified atom stereocenters. The van der Waals surface area contributed by atoms with Gasteiger partial charge in [-0.15, -0.1) is 0 Å². The summed E-state index contributed by atoms with van der Waals surface area (Å²) in [5.74, 6) is -1.50. The molecule has 1 fully saturated rings. The number of imide groups is 1. The van der Waals surface area contributed by atoms with Crippen LogP contribution >= 0.6 is 11.8 Å². The molecule has 0 spiro atoms. The van der Waals surface area contributed by atoms with E-state index in [0.717, 1.165) is 4.90 Å². The van der Waals surface area contributed by atoms with E-state index >= 15 is 0 Å². The van der Waals surface area contributed by atoms with Crippen LogP contribution in [0.2, 0.25) is 0 Å². The molecule has 0 aliphatic carbocycles. The number of benzene rings is 2. The van der Waals surface area contributed by atoms with Crippen molar-refractivity contribution >= 4 is 46.7 Å². The summed E-state index contributed by atoms with van der Waals surface area (Å²) >= 11 is 0.712. The van der Waals surface area contributed by atoms with E-state index in [2.05, 4.69) is 5.32 Å². The highest BCUT2D eigenvalue weighted by atomic mass is 32.2. The Morgan fingerprint density at radius 3 is 2.55 bits per heavy atom. The minimum atomic E-state index is -0.547. The normalized spacial score (nSPS) is 15.1. The molecule has 2 aromatic carbocycles. The lowest BCUT2D eigenvalue weighted by Gasteiger charge is -2.12. The number of nitrogens with zero attached hydrogens (tertiary/aromatic N) is 2. The largest absolute Gasteiger partial charge is 0.351 e. The van der Waals surface area contributed by atoms with Gasteiger partial charge in [-0.1, -0.05) is 18.2 Å². The molecule has 1 aliphatic heterocycles. The molecule has 1 saturated heterocycles. The fourth-order valence-corrected chi connectivity index (χ4v) is 3.51. The molecule has 0 atom stereocenters. The monoisotopic (exact) mass is 441 g/mol. The van der Waals surface area contributed by atoms with Gasteiger partial charge in [-0.05, 0) is 47.7 Å². The number of hydrogen-bond donors (Lipinski definition) is 1. The Morgan fingerprint density at radius 2 is 1.87 bits per heavy atom. The number of nitro groups is 1. The first-order chi connectivity index (χ1) is 14.8. The Kier molecular flexibility index (Phi) is 6.93. The van der Waals surface area contributed by atoms with E-state index in [9.17, 15) is 28.9 Å². The van der Waals surface area contributed by atoms with E-state index in [1.807, 2.05) is 0 Å². The molecule has 8 nitrogen and oxygen atoms in total. The number of rotatable bonds is 7. The summed E-state index contributed by atoms with van der Waals surface area (Å²) in [6, 6.07) is 11.6. The molecule has 0 bridgehead atoms. The smallest absolute Gasteiger partial charge is 0.293 e. The van der Waals surface area contributed by atoms with Crippen LogP contribution in [0.1, 0.15) is 11.1 Å². The topological polar surface area (TPSA) is 110 Å². The quantitative estimate of drug-likeness (QED) is 0.399. The van der Waals surface area contributed by atoms with E-state index in [0.29, 0.717) is 17.3 Å². The lowest BCUT2D eigenvalue weighted by atomic mass is 10.2. The van der Waals surface area contributed by atoms with Gasteiger partial charge in [0.2, 0.25) is 5.91 Å². The molecule has 158 valence electrons. The van der Waals surface area contributed by atoms with E-state index in [1.54, 1.807) is 6.07 Å². The minimum Gasteiger partial charge on any atom is -0.351 e. The predicted molar refractivity (Wildman–Crippen MR) is 114 cm³/mol. The van der Waals surface area contributed by atoms with Gasteiger partial charge in [0.15, 0.2) is 0 Å². The number of nitro benzene ring substituents is 1. The summed E-state index contributed by atoms with van der Waals surface area (Å²) in [5, 5.41) is 12.7. The van der Waals surface area contributed by atoms with Crippen molar-refractivity contribution < 1.29 is 23.7 Å². The Labute approximate surface area is 180 Å². The van der Waals surface area contributed by atoms with Crippen LogP contribution in [0.5, 0.6) is 0 Å². The molecule has 31 heavy (non-hydrogen) atoms. The molecule has 3 rings (SSSR count). The number of amides is 3. The van der Waals surface area contributed by atoms with Gasteiger partial charge < -0.3 is 5.32 Å². The standard InChI is InChI=1S/C21H16FN3O5S/c22-17-4-2-1-3-15(17)13-18-20(27)24(21(28)31-18)12-11-23-19(26)10-7-14-5-8-16(9-6-14)25(29)30/h1-10,13H,11-12H2,(H,23,26)/b10-7+,18-13-. The summed E-state index contributed by atoms with van der Waals surface area (Å²) in [7, 11) is 0. The second kappa shape index (κ2) is 9.81. The maximum atomic E-state index is 13.8. The maximum Gasteiger partial charge on any atom is 0.293 e. The van der Waals surface area contributed by atoms with Gasteiger partial charge in [0.05, 0.1) is 9.83 Å². The van der Waals surface area contributed by atoms with Crippen molar-refractivity contribution in [1.29, 1.82) is 0 Å². The Bertz CT molecular complexity index is 1100. The highest BCUT2D eigenvalue weighted by molar-refractivity contribution is 8.18. The van der Waals surface area contributed by atoms with Gasteiger partial charge in [0.25, 0.3) is 16.8 Å². The van der Waals surface area contributed by atoms with Crippen molar-refractivity contribution in [1.82, 2.24) is 10.2 Å². The van der Waals surface area contributed by atoms with Crippen LogP contribution in [-0.4, -0.2) is 40.0 Å². The average Bonchev–Trinajstić information content (AvgIpc) is 3.01. The van der Waals surface area contributed by atoms with Crippen LogP contribution in [0, 0.1) is 15.9 Å². The van der Waals surface area contributed by atoms with E-state index in [1.165, 1.54) is 60.7 Å².